The molecular weight excluding hydrogens is 262 g/mol. The van der Waals surface area contributed by atoms with E-state index in [-0.39, 0.29) is 11.6 Å². The van der Waals surface area contributed by atoms with E-state index in [4.69, 9.17) is 9.47 Å². The summed E-state index contributed by atoms with van der Waals surface area (Å²) in [4.78, 5) is 0. The minimum Gasteiger partial charge on any atom is -0.377 e. The fourth-order valence-corrected chi connectivity index (χ4v) is 2.16. The second-order valence-electron chi connectivity index (χ2n) is 6.37. The molecule has 0 aromatic heterocycles. The number of hydrogen-bond donors (Lipinski definition) is 1. The predicted octanol–water partition coefficient (Wildman–Crippen LogP) is 3.73. The maximum absolute atomic E-state index is 5.73. The molecule has 0 heterocycles. The summed E-state index contributed by atoms with van der Waals surface area (Å²) < 4.78 is 11.4. The van der Waals surface area contributed by atoms with Crippen LogP contribution in [-0.2, 0) is 15.9 Å². The van der Waals surface area contributed by atoms with E-state index in [1.807, 2.05) is 7.05 Å². The van der Waals surface area contributed by atoms with Gasteiger partial charge in [-0.05, 0) is 45.4 Å². The minimum absolute atomic E-state index is 0.0964. The van der Waals surface area contributed by atoms with Crippen LogP contribution in [0.5, 0.6) is 0 Å². The topological polar surface area (TPSA) is 30.5 Å². The van der Waals surface area contributed by atoms with E-state index in [0.29, 0.717) is 19.8 Å². The molecule has 1 atom stereocenters. The van der Waals surface area contributed by atoms with Gasteiger partial charge in [-0.2, -0.15) is 0 Å². The van der Waals surface area contributed by atoms with E-state index in [2.05, 4.69) is 57.3 Å². The van der Waals surface area contributed by atoms with Crippen LogP contribution in [0.4, 0.5) is 0 Å². The molecule has 0 aliphatic heterocycles. The Hall–Kier alpha value is -0.900. The van der Waals surface area contributed by atoms with Gasteiger partial charge in [-0.15, -0.1) is 0 Å². The fourth-order valence-electron chi connectivity index (χ4n) is 2.16. The van der Waals surface area contributed by atoms with Crippen LogP contribution in [0.2, 0.25) is 0 Å². The molecule has 21 heavy (non-hydrogen) atoms. The molecule has 0 radical (unpaired) electrons. The van der Waals surface area contributed by atoms with Crippen LogP contribution in [0.15, 0.2) is 24.3 Å². The van der Waals surface area contributed by atoms with Crippen molar-refractivity contribution >= 4 is 0 Å². The van der Waals surface area contributed by atoms with Crippen LogP contribution in [0, 0.1) is 0 Å². The van der Waals surface area contributed by atoms with Crippen molar-refractivity contribution in [2.24, 2.45) is 0 Å². The van der Waals surface area contributed by atoms with Gasteiger partial charge in [0.25, 0.3) is 0 Å². The largest absolute Gasteiger partial charge is 0.377 e. The van der Waals surface area contributed by atoms with Crippen molar-refractivity contribution in [3.05, 3.63) is 35.4 Å². The highest BCUT2D eigenvalue weighted by Crippen LogP contribution is 2.15. The highest BCUT2D eigenvalue weighted by atomic mass is 16.5. The Bertz CT molecular complexity index is 381. The molecule has 3 nitrogen and oxygen atoms in total. The third kappa shape index (κ3) is 7.60. The smallest absolute Gasteiger partial charge is 0.0707 e. The SMILES string of the molecule is CCCc1ccc(C(COCCOC(C)(C)C)NC)cc1. The minimum atomic E-state index is -0.0964. The molecule has 0 bridgehead atoms. The molecule has 1 rings (SSSR count). The first-order chi connectivity index (χ1) is 9.96. The lowest BCUT2D eigenvalue weighted by Gasteiger charge is -2.21. The van der Waals surface area contributed by atoms with Gasteiger partial charge in [0.1, 0.15) is 0 Å². The summed E-state index contributed by atoms with van der Waals surface area (Å²) in [6.45, 7) is 10.3. The fraction of sp³-hybridized carbons (Fsp3) is 0.667. The summed E-state index contributed by atoms with van der Waals surface area (Å²) in [5, 5.41) is 3.31. The number of aryl methyl sites for hydroxylation is 1. The number of nitrogens with one attached hydrogen (secondary N) is 1. The Morgan fingerprint density at radius 3 is 2.29 bits per heavy atom. The van der Waals surface area contributed by atoms with Crippen molar-refractivity contribution < 1.29 is 9.47 Å². The number of rotatable bonds is 9. The monoisotopic (exact) mass is 293 g/mol. The van der Waals surface area contributed by atoms with Crippen LogP contribution in [-0.4, -0.2) is 32.5 Å². The Morgan fingerprint density at radius 1 is 1.10 bits per heavy atom. The zero-order valence-corrected chi connectivity index (χ0v) is 14.2. The van der Waals surface area contributed by atoms with E-state index in [0.717, 1.165) is 6.42 Å². The summed E-state index contributed by atoms with van der Waals surface area (Å²) in [6, 6.07) is 9.05. The second kappa shape index (κ2) is 9.19. The first kappa shape index (κ1) is 18.1. The first-order valence-corrected chi connectivity index (χ1v) is 7.94. The quantitative estimate of drug-likeness (QED) is 0.704. The van der Waals surface area contributed by atoms with Gasteiger partial charge >= 0.3 is 0 Å². The lowest BCUT2D eigenvalue weighted by molar-refractivity contribution is -0.0372. The third-order valence-corrected chi connectivity index (χ3v) is 3.32. The van der Waals surface area contributed by atoms with Crippen molar-refractivity contribution in [3.63, 3.8) is 0 Å². The van der Waals surface area contributed by atoms with Gasteiger partial charge < -0.3 is 14.8 Å². The average Bonchev–Trinajstić information content (AvgIpc) is 2.43. The second-order valence-corrected chi connectivity index (χ2v) is 6.37. The number of benzene rings is 1. The highest BCUT2D eigenvalue weighted by Gasteiger charge is 2.11. The third-order valence-electron chi connectivity index (χ3n) is 3.32. The van der Waals surface area contributed by atoms with Crippen molar-refractivity contribution in [2.45, 2.75) is 52.2 Å². The van der Waals surface area contributed by atoms with Gasteiger partial charge in [0, 0.05) is 0 Å². The summed E-state index contributed by atoms with van der Waals surface area (Å²) >= 11 is 0. The molecule has 0 aliphatic rings. The van der Waals surface area contributed by atoms with Gasteiger partial charge in [0.2, 0.25) is 0 Å². The van der Waals surface area contributed by atoms with Gasteiger partial charge in [-0.1, -0.05) is 37.6 Å². The Kier molecular flexibility index (Phi) is 7.94. The molecule has 0 fully saturated rings. The van der Waals surface area contributed by atoms with Crippen molar-refractivity contribution in [2.75, 3.05) is 26.9 Å². The summed E-state index contributed by atoms with van der Waals surface area (Å²) in [6.07, 6.45) is 2.33. The number of ether oxygens (including phenoxy) is 2. The number of likely N-dealkylation sites (N-methyl/N-ethyl adjacent to an activating group) is 1. The van der Waals surface area contributed by atoms with Crippen LogP contribution >= 0.6 is 0 Å². The molecule has 0 spiro atoms. The Balaban J connectivity index is 2.37. The van der Waals surface area contributed by atoms with Crippen molar-refractivity contribution in [1.82, 2.24) is 5.32 Å². The van der Waals surface area contributed by atoms with Crippen molar-refractivity contribution in [1.29, 1.82) is 0 Å². The molecule has 1 aromatic carbocycles. The van der Waals surface area contributed by atoms with E-state index in [1.165, 1.54) is 17.5 Å². The van der Waals surface area contributed by atoms with Gasteiger partial charge in [0.05, 0.1) is 31.5 Å². The maximum Gasteiger partial charge on any atom is 0.0707 e. The molecule has 1 aromatic rings. The van der Waals surface area contributed by atoms with E-state index < -0.39 is 0 Å². The molecule has 3 heteroatoms. The zero-order valence-electron chi connectivity index (χ0n) is 14.2. The molecule has 0 amide bonds. The van der Waals surface area contributed by atoms with Crippen LogP contribution in [0.3, 0.4) is 0 Å². The molecular formula is C18H31NO2. The van der Waals surface area contributed by atoms with Gasteiger partial charge in [0.15, 0.2) is 0 Å². The zero-order chi connectivity index (χ0) is 15.7. The van der Waals surface area contributed by atoms with Crippen LogP contribution in [0.1, 0.15) is 51.3 Å². The number of hydrogen-bond acceptors (Lipinski definition) is 3. The molecule has 0 aliphatic carbocycles. The summed E-state index contributed by atoms with van der Waals surface area (Å²) in [5.41, 5.74) is 2.57. The molecule has 0 saturated heterocycles. The summed E-state index contributed by atoms with van der Waals surface area (Å²) in [7, 11) is 1.97. The normalized spacial score (nSPS) is 13.4. The molecule has 120 valence electrons. The average molecular weight is 293 g/mol. The maximum atomic E-state index is 5.73. The van der Waals surface area contributed by atoms with E-state index in [1.54, 1.807) is 0 Å². The van der Waals surface area contributed by atoms with Crippen molar-refractivity contribution in [3.8, 4) is 0 Å². The Labute approximate surface area is 130 Å². The predicted molar refractivity (Wildman–Crippen MR) is 88.8 cm³/mol. The summed E-state index contributed by atoms with van der Waals surface area (Å²) in [5.74, 6) is 0. The van der Waals surface area contributed by atoms with Gasteiger partial charge in [-0.25, -0.2) is 0 Å². The van der Waals surface area contributed by atoms with E-state index >= 15 is 0 Å². The first-order valence-electron chi connectivity index (χ1n) is 7.94. The molecule has 1 unspecified atom stereocenters. The Morgan fingerprint density at radius 2 is 1.76 bits per heavy atom. The van der Waals surface area contributed by atoms with Crippen LogP contribution in [0.25, 0.3) is 0 Å². The highest BCUT2D eigenvalue weighted by molar-refractivity contribution is 5.25. The molecule has 1 N–H and O–H groups in total. The van der Waals surface area contributed by atoms with Crippen LogP contribution < -0.4 is 5.32 Å². The lowest BCUT2D eigenvalue weighted by atomic mass is 10.0. The lowest BCUT2D eigenvalue weighted by Crippen LogP contribution is -2.25. The van der Waals surface area contributed by atoms with Gasteiger partial charge in [-0.3, -0.25) is 0 Å². The molecule has 0 saturated carbocycles. The standard InChI is InChI=1S/C18H31NO2/c1-6-7-15-8-10-16(11-9-15)17(19-5)14-20-12-13-21-18(2,3)4/h8-11,17,19H,6-7,12-14H2,1-5H3. The van der Waals surface area contributed by atoms with E-state index in [9.17, 15) is 0 Å².